The molecule has 0 aromatic carbocycles. The van der Waals surface area contributed by atoms with Crippen LogP contribution in [0.15, 0.2) is 18.5 Å². The van der Waals surface area contributed by atoms with Gasteiger partial charge < -0.3 is 5.32 Å². The van der Waals surface area contributed by atoms with Gasteiger partial charge in [0.2, 0.25) is 0 Å². The zero-order chi connectivity index (χ0) is 15.0. The summed E-state index contributed by atoms with van der Waals surface area (Å²) in [4.78, 5) is 0. The van der Waals surface area contributed by atoms with Crippen LogP contribution < -0.4 is 5.32 Å². The Hall–Kier alpha value is -1.99. The molecule has 2 heterocycles. The largest absolute Gasteiger partial charge is 0.408 e. The van der Waals surface area contributed by atoms with Gasteiger partial charge in [0.05, 0.1) is 11.9 Å². The molecule has 0 bridgehead atoms. The van der Waals surface area contributed by atoms with Crippen molar-refractivity contribution in [1.29, 1.82) is 0 Å². The molecule has 1 aliphatic rings. The van der Waals surface area contributed by atoms with Crippen molar-refractivity contribution in [2.45, 2.75) is 38.0 Å². The van der Waals surface area contributed by atoms with E-state index in [9.17, 15) is 13.2 Å². The Labute approximate surface area is 119 Å². The molecule has 21 heavy (non-hydrogen) atoms. The molecule has 1 N–H and O–H groups in total. The molecule has 0 aliphatic heterocycles. The minimum atomic E-state index is -4.25. The van der Waals surface area contributed by atoms with Gasteiger partial charge in [-0.25, -0.2) is 0 Å². The maximum Gasteiger partial charge on any atom is 0.408 e. The van der Waals surface area contributed by atoms with E-state index in [0.29, 0.717) is 18.0 Å². The van der Waals surface area contributed by atoms with Gasteiger partial charge in [0, 0.05) is 37.3 Å². The van der Waals surface area contributed by atoms with E-state index < -0.39 is 12.7 Å². The minimum absolute atomic E-state index is 0.418. The molecule has 0 radical (unpaired) electrons. The lowest BCUT2D eigenvalue weighted by Crippen LogP contribution is -2.17. The van der Waals surface area contributed by atoms with Crippen molar-refractivity contribution in [3.05, 3.63) is 29.7 Å². The zero-order valence-electron chi connectivity index (χ0n) is 11.6. The summed E-state index contributed by atoms with van der Waals surface area (Å²) in [7, 11) is 1.85. The van der Waals surface area contributed by atoms with Gasteiger partial charge in [-0.1, -0.05) is 0 Å². The molecule has 3 rings (SSSR count). The molecule has 0 amide bonds. The van der Waals surface area contributed by atoms with E-state index in [0.717, 1.165) is 16.2 Å². The lowest BCUT2D eigenvalue weighted by atomic mass is 10.3. The summed E-state index contributed by atoms with van der Waals surface area (Å²) in [5.41, 5.74) is 1.78. The lowest BCUT2D eigenvalue weighted by molar-refractivity contribution is -0.142. The number of alkyl halides is 3. The molecule has 0 unspecified atom stereocenters. The maximum absolute atomic E-state index is 12.3. The van der Waals surface area contributed by atoms with Crippen molar-refractivity contribution in [2.24, 2.45) is 7.05 Å². The average molecular weight is 299 g/mol. The van der Waals surface area contributed by atoms with Gasteiger partial charge in [0.1, 0.15) is 12.4 Å². The molecule has 0 atom stereocenters. The van der Waals surface area contributed by atoms with Crippen LogP contribution in [0.2, 0.25) is 0 Å². The van der Waals surface area contributed by atoms with Crippen LogP contribution in [0, 0.1) is 0 Å². The van der Waals surface area contributed by atoms with E-state index >= 15 is 0 Å². The number of halogens is 3. The first-order valence-electron chi connectivity index (χ1n) is 6.76. The van der Waals surface area contributed by atoms with Crippen molar-refractivity contribution in [2.75, 3.05) is 5.32 Å². The lowest BCUT2D eigenvalue weighted by Gasteiger charge is -2.05. The molecule has 2 aromatic rings. The molecule has 1 fully saturated rings. The number of nitrogens with one attached hydrogen (secondary N) is 1. The number of hydrogen-bond acceptors (Lipinski definition) is 3. The van der Waals surface area contributed by atoms with Crippen LogP contribution in [0.25, 0.3) is 0 Å². The average Bonchev–Trinajstić information content (AvgIpc) is 3.04. The van der Waals surface area contributed by atoms with Gasteiger partial charge >= 0.3 is 6.18 Å². The number of anilines is 1. The maximum atomic E-state index is 12.3. The fourth-order valence-electron chi connectivity index (χ4n) is 2.19. The fraction of sp³-hybridized carbons (Fsp3) is 0.538. The van der Waals surface area contributed by atoms with Gasteiger partial charge in [-0.3, -0.25) is 9.36 Å². The summed E-state index contributed by atoms with van der Waals surface area (Å²) in [6.07, 6.45) is 0.953. The van der Waals surface area contributed by atoms with Gasteiger partial charge in [0.15, 0.2) is 0 Å². The Kier molecular flexibility index (Phi) is 3.38. The normalized spacial score (nSPS) is 15.4. The summed E-state index contributed by atoms with van der Waals surface area (Å²) >= 11 is 0. The highest BCUT2D eigenvalue weighted by Crippen LogP contribution is 2.39. The minimum Gasteiger partial charge on any atom is -0.366 e. The first-order chi connectivity index (χ1) is 9.90. The molecule has 0 saturated heterocycles. The zero-order valence-corrected chi connectivity index (χ0v) is 11.6. The number of hydrogen-bond donors (Lipinski definition) is 1. The second kappa shape index (κ2) is 5.09. The second-order valence-electron chi connectivity index (χ2n) is 5.37. The summed E-state index contributed by atoms with van der Waals surface area (Å²) in [5.74, 6) is 1.43. The van der Waals surface area contributed by atoms with Crippen LogP contribution in [0.5, 0.6) is 0 Å². The number of nitrogens with zero attached hydrogens (tertiary/aromatic N) is 4. The molecule has 1 aliphatic carbocycles. The number of aromatic nitrogens is 4. The molecular weight excluding hydrogens is 283 g/mol. The molecule has 5 nitrogen and oxygen atoms in total. The van der Waals surface area contributed by atoms with Gasteiger partial charge in [-0.15, -0.1) is 0 Å². The highest BCUT2D eigenvalue weighted by Gasteiger charge is 2.28. The fourth-order valence-corrected chi connectivity index (χ4v) is 2.19. The van der Waals surface area contributed by atoms with Crippen molar-refractivity contribution in [3.8, 4) is 0 Å². The Morgan fingerprint density at radius 1 is 1.38 bits per heavy atom. The van der Waals surface area contributed by atoms with Gasteiger partial charge in [-0.2, -0.15) is 23.4 Å². The van der Waals surface area contributed by atoms with E-state index in [1.165, 1.54) is 25.2 Å². The van der Waals surface area contributed by atoms with Crippen LogP contribution in [0.3, 0.4) is 0 Å². The standard InChI is InChI=1S/C13H16F3N5/c1-20-12(4-11(19-20)10-2-3-10)17-5-9-6-18-21(7-9)8-13(14,15)16/h4,6-7,10,17H,2-3,5,8H2,1H3. The predicted molar refractivity (Wildman–Crippen MR) is 70.8 cm³/mol. The second-order valence-corrected chi connectivity index (χ2v) is 5.37. The highest BCUT2D eigenvalue weighted by atomic mass is 19.4. The van der Waals surface area contributed by atoms with Crippen LogP contribution in [0.1, 0.15) is 30.0 Å². The molecule has 1 saturated carbocycles. The van der Waals surface area contributed by atoms with E-state index in [1.807, 2.05) is 13.1 Å². The summed E-state index contributed by atoms with van der Waals surface area (Å²) in [6.45, 7) is -0.647. The van der Waals surface area contributed by atoms with E-state index in [2.05, 4.69) is 15.5 Å². The third-order valence-electron chi connectivity index (χ3n) is 3.40. The van der Waals surface area contributed by atoms with Crippen molar-refractivity contribution in [3.63, 3.8) is 0 Å². The number of aryl methyl sites for hydroxylation is 1. The first-order valence-corrected chi connectivity index (χ1v) is 6.76. The topological polar surface area (TPSA) is 47.7 Å². The van der Waals surface area contributed by atoms with Gasteiger partial charge in [0.25, 0.3) is 0 Å². The summed E-state index contributed by atoms with van der Waals surface area (Å²) in [5, 5.41) is 11.3. The smallest absolute Gasteiger partial charge is 0.366 e. The number of rotatable bonds is 5. The van der Waals surface area contributed by atoms with E-state index in [1.54, 1.807) is 4.68 Å². The third kappa shape index (κ3) is 3.56. The van der Waals surface area contributed by atoms with Crippen molar-refractivity contribution >= 4 is 5.82 Å². The molecular formula is C13H16F3N5. The Morgan fingerprint density at radius 3 is 2.81 bits per heavy atom. The van der Waals surface area contributed by atoms with Crippen molar-refractivity contribution in [1.82, 2.24) is 19.6 Å². The quantitative estimate of drug-likeness (QED) is 0.923. The van der Waals surface area contributed by atoms with Crippen LogP contribution in [-0.4, -0.2) is 25.7 Å². The monoisotopic (exact) mass is 299 g/mol. The van der Waals surface area contributed by atoms with Gasteiger partial charge in [-0.05, 0) is 12.8 Å². The predicted octanol–water partition coefficient (Wildman–Crippen LogP) is 2.67. The SMILES string of the molecule is Cn1nc(C2CC2)cc1NCc1cnn(CC(F)(F)F)c1. The van der Waals surface area contributed by atoms with E-state index in [-0.39, 0.29) is 0 Å². The molecule has 0 spiro atoms. The van der Waals surface area contributed by atoms with E-state index in [4.69, 9.17) is 0 Å². The van der Waals surface area contributed by atoms with Crippen LogP contribution in [-0.2, 0) is 20.1 Å². The molecule has 2 aromatic heterocycles. The molecule has 8 heteroatoms. The third-order valence-corrected chi connectivity index (χ3v) is 3.40. The van der Waals surface area contributed by atoms with Crippen LogP contribution >= 0.6 is 0 Å². The summed E-state index contributed by atoms with van der Waals surface area (Å²) in [6, 6.07) is 2.00. The highest BCUT2D eigenvalue weighted by molar-refractivity contribution is 5.39. The Morgan fingerprint density at radius 2 is 2.14 bits per heavy atom. The summed E-state index contributed by atoms with van der Waals surface area (Å²) < 4.78 is 39.4. The first kappa shape index (κ1) is 14.0. The molecule has 114 valence electrons. The Bertz CT molecular complexity index is 624. The van der Waals surface area contributed by atoms with Crippen molar-refractivity contribution < 1.29 is 13.2 Å². The Balaban J connectivity index is 1.60. The van der Waals surface area contributed by atoms with Crippen LogP contribution in [0.4, 0.5) is 19.0 Å².